The van der Waals surface area contributed by atoms with Crippen LogP contribution < -0.4 is 11.2 Å². The van der Waals surface area contributed by atoms with Crippen LogP contribution in [0.1, 0.15) is 48.5 Å². The van der Waals surface area contributed by atoms with Crippen LogP contribution in [0.15, 0.2) is 88.5 Å². The van der Waals surface area contributed by atoms with Crippen molar-refractivity contribution in [2.45, 2.75) is 57.9 Å². The van der Waals surface area contributed by atoms with Gasteiger partial charge in [0, 0.05) is 26.7 Å². The van der Waals surface area contributed by atoms with Crippen molar-refractivity contribution < 1.29 is 19.4 Å². The molecule has 45 heavy (non-hydrogen) atoms. The summed E-state index contributed by atoms with van der Waals surface area (Å²) in [6.07, 6.45) is 2.01. The van der Waals surface area contributed by atoms with Crippen molar-refractivity contribution in [3.05, 3.63) is 116 Å². The Balaban J connectivity index is 1.20. The number of imide groups is 1. The highest BCUT2D eigenvalue weighted by molar-refractivity contribution is 5.90. The zero-order chi connectivity index (χ0) is 31.9. The predicted octanol–water partition coefficient (Wildman–Crippen LogP) is 4.66. The predicted molar refractivity (Wildman–Crippen MR) is 173 cm³/mol. The van der Waals surface area contributed by atoms with Crippen LogP contribution in [0, 0.1) is 6.92 Å². The second-order valence-corrected chi connectivity index (χ2v) is 11.6. The quantitative estimate of drug-likeness (QED) is 0.245. The number of unbranched alkanes of at least 4 members (excludes halogenated alkanes) is 1. The van der Waals surface area contributed by atoms with Gasteiger partial charge in [0.15, 0.2) is 0 Å². The van der Waals surface area contributed by atoms with Crippen molar-refractivity contribution in [2.75, 3.05) is 26.7 Å². The van der Waals surface area contributed by atoms with Crippen LogP contribution in [0.4, 0.5) is 4.79 Å². The van der Waals surface area contributed by atoms with Gasteiger partial charge in [0.2, 0.25) is 0 Å². The lowest BCUT2D eigenvalue weighted by Gasteiger charge is -2.34. The summed E-state index contributed by atoms with van der Waals surface area (Å²) in [5.74, 6) is -0.854. The molecule has 0 bridgehead atoms. The number of carbonyl (C=O) groups is 2. The first-order valence-electron chi connectivity index (χ1n) is 15.4. The molecule has 0 radical (unpaired) electrons. The molecule has 2 amide bonds. The Hall–Kier alpha value is -4.54. The maximum atomic E-state index is 13.5. The smallest absolute Gasteiger partial charge is 0.413 e. The molecule has 1 aromatic heterocycles. The van der Waals surface area contributed by atoms with Crippen molar-refractivity contribution in [1.82, 2.24) is 18.9 Å². The van der Waals surface area contributed by atoms with E-state index in [1.807, 2.05) is 36.4 Å². The molecule has 10 heteroatoms. The Kier molecular flexibility index (Phi) is 10.3. The first-order valence-corrected chi connectivity index (χ1v) is 15.4. The molecule has 2 heterocycles. The molecular formula is C35H40N4O6. The van der Waals surface area contributed by atoms with Crippen LogP contribution in [-0.2, 0) is 22.6 Å². The molecule has 0 unspecified atom stereocenters. The van der Waals surface area contributed by atoms with Gasteiger partial charge in [-0.3, -0.25) is 18.7 Å². The SMILES string of the molecule is Cc1cccc2c1c(=O)n(CC(=O)N(C)C(=O)O)c(=O)n2CCCCN1CCC(OC(c2ccccc2)c2ccccc2)CC1. The van der Waals surface area contributed by atoms with Gasteiger partial charge in [0.05, 0.1) is 17.0 Å². The van der Waals surface area contributed by atoms with Gasteiger partial charge in [-0.1, -0.05) is 72.8 Å². The first-order chi connectivity index (χ1) is 21.7. The fourth-order valence-electron chi connectivity index (χ4n) is 6.00. The van der Waals surface area contributed by atoms with Gasteiger partial charge in [-0.15, -0.1) is 0 Å². The summed E-state index contributed by atoms with van der Waals surface area (Å²) in [6, 6.07) is 26.0. The number of likely N-dealkylation sites (N-methyl/N-ethyl adjacent to an activating group) is 1. The standard InChI is InChI=1S/C35H40N4O6/c1-25-12-11-17-29-31(25)33(41)39(24-30(40)36(2)35(43)44)34(42)38(29)21-10-9-20-37-22-18-28(19-23-37)45-32(26-13-5-3-6-14-26)27-15-7-4-8-16-27/h3-8,11-17,28,32H,9-10,18-24H2,1-2H3,(H,43,44). The van der Waals surface area contributed by atoms with E-state index >= 15 is 0 Å². The largest absolute Gasteiger partial charge is 0.465 e. The average molecular weight is 613 g/mol. The van der Waals surface area contributed by atoms with Crippen molar-refractivity contribution >= 4 is 22.9 Å². The van der Waals surface area contributed by atoms with E-state index in [1.54, 1.807) is 25.1 Å². The molecule has 4 aromatic rings. The van der Waals surface area contributed by atoms with E-state index in [2.05, 4.69) is 29.2 Å². The third-order valence-corrected chi connectivity index (χ3v) is 8.59. The summed E-state index contributed by atoms with van der Waals surface area (Å²) in [7, 11) is 1.10. The third kappa shape index (κ3) is 7.41. The number of ether oxygens (including phenoxy) is 1. The van der Waals surface area contributed by atoms with E-state index in [9.17, 15) is 19.2 Å². The number of rotatable bonds is 11. The summed E-state index contributed by atoms with van der Waals surface area (Å²) in [4.78, 5) is 53.3. The number of benzene rings is 3. The third-order valence-electron chi connectivity index (χ3n) is 8.59. The molecule has 1 N–H and O–H groups in total. The number of likely N-dealkylation sites (tertiary alicyclic amines) is 1. The number of amides is 2. The van der Waals surface area contributed by atoms with E-state index in [0.29, 0.717) is 34.3 Å². The molecule has 0 atom stereocenters. The topological polar surface area (TPSA) is 114 Å². The fourth-order valence-corrected chi connectivity index (χ4v) is 6.00. The van der Waals surface area contributed by atoms with Gasteiger partial charge < -0.3 is 14.7 Å². The van der Waals surface area contributed by atoms with Gasteiger partial charge in [-0.25, -0.2) is 14.5 Å². The minimum Gasteiger partial charge on any atom is -0.465 e. The Morgan fingerprint density at radius 2 is 1.47 bits per heavy atom. The van der Waals surface area contributed by atoms with Gasteiger partial charge in [-0.2, -0.15) is 0 Å². The fraction of sp³-hybridized carbons (Fsp3) is 0.371. The number of carboxylic acid groups (broad SMARTS) is 1. The summed E-state index contributed by atoms with van der Waals surface area (Å²) < 4.78 is 9.06. The molecule has 10 nitrogen and oxygen atoms in total. The molecule has 0 aliphatic carbocycles. The minimum atomic E-state index is -1.45. The maximum Gasteiger partial charge on any atom is 0.413 e. The second kappa shape index (κ2) is 14.5. The van der Waals surface area contributed by atoms with E-state index in [-0.39, 0.29) is 12.2 Å². The van der Waals surface area contributed by atoms with Crippen LogP contribution in [0.2, 0.25) is 0 Å². The van der Waals surface area contributed by atoms with Gasteiger partial charge in [0.25, 0.3) is 11.5 Å². The summed E-state index contributed by atoms with van der Waals surface area (Å²) in [5.41, 5.74) is 2.29. The first kappa shape index (κ1) is 31.9. The number of hydrogen-bond acceptors (Lipinski definition) is 6. The monoisotopic (exact) mass is 612 g/mol. The molecule has 1 aliphatic rings. The molecule has 236 valence electrons. The van der Waals surface area contributed by atoms with Crippen LogP contribution in [0.25, 0.3) is 10.9 Å². The number of fused-ring (bicyclic) bond motifs is 1. The molecule has 1 fully saturated rings. The molecular weight excluding hydrogens is 572 g/mol. The molecule has 3 aromatic carbocycles. The Bertz CT molecular complexity index is 1700. The maximum absolute atomic E-state index is 13.5. The highest BCUT2D eigenvalue weighted by atomic mass is 16.5. The number of aryl methyl sites for hydroxylation is 2. The van der Waals surface area contributed by atoms with E-state index in [0.717, 1.165) is 61.6 Å². The average Bonchev–Trinajstić information content (AvgIpc) is 3.06. The van der Waals surface area contributed by atoms with Crippen LogP contribution in [-0.4, -0.2) is 68.8 Å². The van der Waals surface area contributed by atoms with Crippen molar-refractivity contribution in [3.63, 3.8) is 0 Å². The number of aromatic nitrogens is 2. The van der Waals surface area contributed by atoms with Crippen LogP contribution in [0.5, 0.6) is 0 Å². The van der Waals surface area contributed by atoms with Gasteiger partial charge in [-0.05, 0) is 61.9 Å². The van der Waals surface area contributed by atoms with Crippen molar-refractivity contribution in [3.8, 4) is 0 Å². The molecule has 0 saturated carbocycles. The highest BCUT2D eigenvalue weighted by Crippen LogP contribution is 2.30. The van der Waals surface area contributed by atoms with E-state index in [4.69, 9.17) is 9.84 Å². The Morgan fingerprint density at radius 3 is 2.07 bits per heavy atom. The van der Waals surface area contributed by atoms with Crippen molar-refractivity contribution in [1.29, 1.82) is 0 Å². The van der Waals surface area contributed by atoms with Crippen LogP contribution >= 0.6 is 0 Å². The normalized spacial score (nSPS) is 14.2. The Morgan fingerprint density at radius 1 is 0.867 bits per heavy atom. The summed E-state index contributed by atoms with van der Waals surface area (Å²) in [5, 5.41) is 9.52. The summed E-state index contributed by atoms with van der Waals surface area (Å²) in [6.45, 7) is 4.24. The van der Waals surface area contributed by atoms with E-state index < -0.39 is 29.8 Å². The van der Waals surface area contributed by atoms with E-state index in [1.165, 1.54) is 4.57 Å². The zero-order valence-electron chi connectivity index (χ0n) is 25.8. The molecule has 5 rings (SSSR count). The highest BCUT2D eigenvalue weighted by Gasteiger charge is 2.25. The lowest BCUT2D eigenvalue weighted by atomic mass is 10.00. The lowest BCUT2D eigenvalue weighted by molar-refractivity contribution is -0.128. The minimum absolute atomic E-state index is 0.108. The van der Waals surface area contributed by atoms with Gasteiger partial charge >= 0.3 is 11.8 Å². The molecule has 1 saturated heterocycles. The van der Waals surface area contributed by atoms with Crippen molar-refractivity contribution in [2.24, 2.45) is 0 Å². The zero-order valence-corrected chi connectivity index (χ0v) is 25.8. The van der Waals surface area contributed by atoms with Crippen LogP contribution in [0.3, 0.4) is 0 Å². The second-order valence-electron chi connectivity index (χ2n) is 11.6. The lowest BCUT2D eigenvalue weighted by Crippen LogP contribution is -2.45. The molecule has 1 aliphatic heterocycles. The number of nitrogens with zero attached hydrogens (tertiary/aromatic N) is 4. The molecule has 0 spiro atoms. The summed E-state index contributed by atoms with van der Waals surface area (Å²) >= 11 is 0. The Labute approximate surface area is 262 Å². The number of carbonyl (C=O) groups excluding carboxylic acids is 1. The number of hydrogen-bond donors (Lipinski definition) is 1. The van der Waals surface area contributed by atoms with Gasteiger partial charge in [0.1, 0.15) is 12.6 Å². The number of piperidine rings is 1.